The number of nitrogens with zero attached hydrogens (tertiary/aromatic N) is 8. The number of morpholine rings is 1. The van der Waals surface area contributed by atoms with Crippen molar-refractivity contribution in [2.45, 2.75) is 38.0 Å². The molecule has 178 valence electrons. The van der Waals surface area contributed by atoms with E-state index in [9.17, 15) is 13.2 Å². The highest BCUT2D eigenvalue weighted by Crippen LogP contribution is 2.31. The Morgan fingerprint density at radius 3 is 2.70 bits per heavy atom. The third kappa shape index (κ3) is 4.96. The zero-order valence-electron chi connectivity index (χ0n) is 18.5. The molecule has 33 heavy (non-hydrogen) atoms. The molecule has 2 aliphatic rings. The maximum atomic E-state index is 13.2. The minimum absolute atomic E-state index is 0.0286. The van der Waals surface area contributed by atoms with Gasteiger partial charge in [0.05, 0.1) is 25.2 Å². The molecular formula is C21H27F3N8O. The predicted octanol–water partition coefficient (Wildman–Crippen LogP) is 2.34. The first-order valence-electron chi connectivity index (χ1n) is 11.2. The highest BCUT2D eigenvalue weighted by molar-refractivity contribution is 5.83. The van der Waals surface area contributed by atoms with Gasteiger partial charge in [0.15, 0.2) is 17.0 Å². The highest BCUT2D eigenvalue weighted by atomic mass is 19.4. The molecule has 2 fully saturated rings. The second-order valence-electron chi connectivity index (χ2n) is 8.72. The molecule has 2 saturated heterocycles. The van der Waals surface area contributed by atoms with E-state index in [4.69, 9.17) is 9.72 Å². The van der Waals surface area contributed by atoms with Gasteiger partial charge in [-0.2, -0.15) is 18.3 Å². The number of imidazole rings is 1. The summed E-state index contributed by atoms with van der Waals surface area (Å²) in [6.07, 6.45) is 0.634. The van der Waals surface area contributed by atoms with Crippen molar-refractivity contribution >= 4 is 17.0 Å². The van der Waals surface area contributed by atoms with Crippen LogP contribution in [0.15, 0.2) is 18.6 Å². The summed E-state index contributed by atoms with van der Waals surface area (Å²) in [6.45, 7) is 3.61. The molecule has 0 aromatic carbocycles. The van der Waals surface area contributed by atoms with Gasteiger partial charge in [-0.3, -0.25) is 9.58 Å². The third-order valence-corrected chi connectivity index (χ3v) is 6.15. The summed E-state index contributed by atoms with van der Waals surface area (Å²) in [4.78, 5) is 18.1. The maximum Gasteiger partial charge on any atom is 0.406 e. The van der Waals surface area contributed by atoms with Gasteiger partial charge in [0, 0.05) is 45.3 Å². The zero-order chi connectivity index (χ0) is 23.0. The first-order chi connectivity index (χ1) is 15.9. The van der Waals surface area contributed by atoms with E-state index < -0.39 is 12.7 Å². The smallest absolute Gasteiger partial charge is 0.378 e. The number of rotatable bonds is 5. The van der Waals surface area contributed by atoms with E-state index in [2.05, 4.69) is 20.0 Å². The molecule has 0 radical (unpaired) electrons. The van der Waals surface area contributed by atoms with Crippen LogP contribution in [0.1, 0.15) is 30.3 Å². The Labute approximate surface area is 189 Å². The molecule has 1 atom stereocenters. The number of hydrogen-bond donors (Lipinski definition) is 0. The maximum absolute atomic E-state index is 13.2. The van der Waals surface area contributed by atoms with E-state index in [1.165, 1.54) is 6.33 Å². The number of anilines is 1. The largest absolute Gasteiger partial charge is 0.406 e. The average Bonchev–Trinajstić information content (AvgIpc) is 3.38. The van der Waals surface area contributed by atoms with Gasteiger partial charge in [-0.25, -0.2) is 15.0 Å². The van der Waals surface area contributed by atoms with Crippen molar-refractivity contribution in [2.75, 3.05) is 44.3 Å². The van der Waals surface area contributed by atoms with Crippen LogP contribution in [-0.2, 0) is 24.9 Å². The van der Waals surface area contributed by atoms with Crippen molar-refractivity contribution in [1.29, 1.82) is 0 Å². The second kappa shape index (κ2) is 8.90. The number of likely N-dealkylation sites (tertiary alicyclic amines) is 1. The molecule has 0 aliphatic carbocycles. The van der Waals surface area contributed by atoms with Crippen molar-refractivity contribution in [3.05, 3.63) is 30.1 Å². The summed E-state index contributed by atoms with van der Waals surface area (Å²) in [5.41, 5.74) is 1.64. The minimum atomic E-state index is -4.36. The minimum Gasteiger partial charge on any atom is -0.378 e. The van der Waals surface area contributed by atoms with Crippen molar-refractivity contribution in [1.82, 2.24) is 34.2 Å². The van der Waals surface area contributed by atoms with Gasteiger partial charge in [-0.05, 0) is 25.5 Å². The van der Waals surface area contributed by atoms with Gasteiger partial charge < -0.3 is 14.2 Å². The van der Waals surface area contributed by atoms with Gasteiger partial charge in [-0.15, -0.1) is 0 Å². The summed E-state index contributed by atoms with van der Waals surface area (Å²) in [7, 11) is 1.89. The molecule has 0 bridgehead atoms. The number of alkyl halides is 3. The van der Waals surface area contributed by atoms with Crippen LogP contribution in [0.4, 0.5) is 19.0 Å². The average molecular weight is 464 g/mol. The quantitative estimate of drug-likeness (QED) is 0.574. The molecule has 9 nitrogen and oxygen atoms in total. The van der Waals surface area contributed by atoms with Crippen LogP contribution in [0.3, 0.4) is 0 Å². The lowest BCUT2D eigenvalue weighted by Gasteiger charge is -2.32. The van der Waals surface area contributed by atoms with E-state index in [-0.39, 0.29) is 11.6 Å². The lowest BCUT2D eigenvalue weighted by atomic mass is 9.97. The normalized spacial score (nSPS) is 20.6. The fraction of sp³-hybridized carbons (Fsp3) is 0.619. The Hall–Kier alpha value is -2.73. The summed E-state index contributed by atoms with van der Waals surface area (Å²) < 4.78 is 47.9. The van der Waals surface area contributed by atoms with Crippen molar-refractivity contribution in [3.8, 4) is 0 Å². The molecule has 2 aliphatic heterocycles. The fourth-order valence-corrected chi connectivity index (χ4v) is 4.62. The van der Waals surface area contributed by atoms with E-state index in [1.54, 1.807) is 4.68 Å². The number of ether oxygens (including phenoxy) is 1. The first-order valence-corrected chi connectivity index (χ1v) is 11.2. The number of fused-ring (bicyclic) bond motifs is 1. The molecule has 0 N–H and O–H groups in total. The van der Waals surface area contributed by atoms with Crippen molar-refractivity contribution < 1.29 is 17.9 Å². The molecular weight excluding hydrogens is 437 g/mol. The van der Waals surface area contributed by atoms with Crippen LogP contribution in [0, 0.1) is 0 Å². The van der Waals surface area contributed by atoms with Gasteiger partial charge in [-0.1, -0.05) is 0 Å². The Morgan fingerprint density at radius 1 is 1.15 bits per heavy atom. The number of aromatic nitrogens is 6. The molecule has 5 rings (SSSR count). The fourth-order valence-electron chi connectivity index (χ4n) is 4.62. The molecule has 3 aromatic heterocycles. The van der Waals surface area contributed by atoms with Crippen LogP contribution >= 0.6 is 0 Å². The summed E-state index contributed by atoms with van der Waals surface area (Å²) in [5.74, 6) is 1.21. The zero-order valence-corrected chi connectivity index (χ0v) is 18.5. The van der Waals surface area contributed by atoms with Crippen molar-refractivity contribution in [3.63, 3.8) is 0 Å². The highest BCUT2D eigenvalue weighted by Gasteiger charge is 2.31. The van der Waals surface area contributed by atoms with Crippen LogP contribution < -0.4 is 4.90 Å². The molecule has 0 amide bonds. The van der Waals surface area contributed by atoms with E-state index >= 15 is 0 Å². The van der Waals surface area contributed by atoms with Gasteiger partial charge in [0.2, 0.25) is 0 Å². The van der Waals surface area contributed by atoms with Crippen LogP contribution in [0.25, 0.3) is 11.2 Å². The topological polar surface area (TPSA) is 77.1 Å². The number of halogens is 3. The van der Waals surface area contributed by atoms with Gasteiger partial charge >= 0.3 is 6.18 Å². The van der Waals surface area contributed by atoms with E-state index in [0.29, 0.717) is 43.5 Å². The standard InChI is InChI=1S/C21H27F3N8O/c1-29-6-4-16(28-29)12-30-5-2-3-15(11-30)18-26-19(31-7-9-33-10-8-31)17-20(27-18)32(14-25-17)13-21(22,23)24/h4,6,14-15H,2-3,5,7-13H2,1H3. The first kappa shape index (κ1) is 22.1. The van der Waals surface area contributed by atoms with E-state index in [0.717, 1.165) is 42.7 Å². The summed E-state index contributed by atoms with van der Waals surface area (Å²) >= 11 is 0. The molecule has 12 heteroatoms. The number of piperidine rings is 1. The van der Waals surface area contributed by atoms with E-state index in [1.807, 2.05) is 24.2 Å². The monoisotopic (exact) mass is 464 g/mol. The molecule has 0 saturated carbocycles. The van der Waals surface area contributed by atoms with Crippen LogP contribution in [-0.4, -0.2) is 79.8 Å². The molecule has 1 unspecified atom stereocenters. The molecule has 5 heterocycles. The lowest BCUT2D eigenvalue weighted by molar-refractivity contribution is -0.140. The summed E-state index contributed by atoms with van der Waals surface area (Å²) in [6, 6.07) is 2.00. The molecule has 0 spiro atoms. The van der Waals surface area contributed by atoms with Crippen LogP contribution in [0.2, 0.25) is 0 Å². The van der Waals surface area contributed by atoms with Crippen LogP contribution in [0.5, 0.6) is 0 Å². The molecule has 3 aromatic rings. The Bertz CT molecular complexity index is 1100. The SMILES string of the molecule is Cn1ccc(CN2CCCC(c3nc(N4CCOCC4)c4ncn(CC(F)(F)F)c4n3)C2)n1. The van der Waals surface area contributed by atoms with Crippen molar-refractivity contribution in [2.24, 2.45) is 7.05 Å². The number of hydrogen-bond acceptors (Lipinski definition) is 7. The Morgan fingerprint density at radius 2 is 1.97 bits per heavy atom. The van der Waals surface area contributed by atoms with Gasteiger partial charge in [0.1, 0.15) is 12.4 Å². The third-order valence-electron chi connectivity index (χ3n) is 6.15. The second-order valence-corrected chi connectivity index (χ2v) is 8.72. The van der Waals surface area contributed by atoms with Gasteiger partial charge in [0.25, 0.3) is 0 Å². The Balaban J connectivity index is 1.47. The predicted molar refractivity (Wildman–Crippen MR) is 115 cm³/mol. The Kier molecular flexibility index (Phi) is 5.95. The number of aryl methyl sites for hydroxylation is 1. The summed E-state index contributed by atoms with van der Waals surface area (Å²) in [5, 5.41) is 4.46. The lowest BCUT2D eigenvalue weighted by Crippen LogP contribution is -2.38.